The van der Waals surface area contributed by atoms with Crippen molar-refractivity contribution in [1.29, 1.82) is 0 Å². The molecular formula is C17H19F3N4O. The molecule has 2 N–H and O–H groups in total. The number of benzene rings is 1. The first-order valence-electron chi connectivity index (χ1n) is 7.74. The maximum atomic E-state index is 13.1. The van der Waals surface area contributed by atoms with E-state index in [9.17, 15) is 18.0 Å². The van der Waals surface area contributed by atoms with E-state index < -0.39 is 17.6 Å². The average Bonchev–Trinajstić information content (AvgIpc) is 2.51. The van der Waals surface area contributed by atoms with Gasteiger partial charge in [-0.05, 0) is 31.0 Å². The molecule has 0 bridgehead atoms. The molecule has 1 aromatic carbocycles. The lowest BCUT2D eigenvalue weighted by molar-refractivity contribution is -0.136. The van der Waals surface area contributed by atoms with Crippen LogP contribution in [0.4, 0.5) is 24.8 Å². The van der Waals surface area contributed by atoms with Gasteiger partial charge < -0.3 is 10.6 Å². The van der Waals surface area contributed by atoms with E-state index in [4.69, 9.17) is 0 Å². The van der Waals surface area contributed by atoms with Crippen LogP contribution in [0.25, 0.3) is 0 Å². The average molecular weight is 352 g/mol. The summed E-state index contributed by atoms with van der Waals surface area (Å²) in [7, 11) is 0. The van der Waals surface area contributed by atoms with E-state index in [0.29, 0.717) is 12.2 Å². The number of nitrogens with one attached hydrogen (secondary N) is 2. The molecule has 2 aromatic rings. The molecule has 0 atom stereocenters. The van der Waals surface area contributed by atoms with Crippen LogP contribution in [0.3, 0.4) is 0 Å². The zero-order valence-corrected chi connectivity index (χ0v) is 14.1. The Morgan fingerprint density at radius 1 is 1.20 bits per heavy atom. The van der Waals surface area contributed by atoms with E-state index >= 15 is 0 Å². The quantitative estimate of drug-likeness (QED) is 0.856. The summed E-state index contributed by atoms with van der Waals surface area (Å²) in [4.78, 5) is 20.2. The molecule has 0 unspecified atom stereocenters. The Balaban J connectivity index is 2.28. The van der Waals surface area contributed by atoms with Gasteiger partial charge in [0.1, 0.15) is 5.69 Å². The summed E-state index contributed by atoms with van der Waals surface area (Å²) in [6, 6.07) is 6.51. The summed E-state index contributed by atoms with van der Waals surface area (Å²) in [6.45, 7) is 6.02. The molecule has 1 aromatic heterocycles. The second-order valence-electron chi connectivity index (χ2n) is 5.99. The van der Waals surface area contributed by atoms with Crippen LogP contribution in [0.5, 0.6) is 0 Å². The Kier molecular flexibility index (Phi) is 5.61. The number of hydrogen-bond acceptors (Lipinski definition) is 4. The summed E-state index contributed by atoms with van der Waals surface area (Å²) in [5, 5.41) is 5.27. The molecule has 134 valence electrons. The molecule has 0 aliphatic carbocycles. The molecule has 25 heavy (non-hydrogen) atoms. The predicted octanol–water partition coefficient (Wildman–Crippen LogP) is 3.93. The second-order valence-corrected chi connectivity index (χ2v) is 5.99. The molecule has 8 heteroatoms. The largest absolute Gasteiger partial charge is 0.418 e. The number of alkyl halides is 3. The van der Waals surface area contributed by atoms with E-state index in [2.05, 4.69) is 20.6 Å². The van der Waals surface area contributed by atoms with Crippen molar-refractivity contribution >= 4 is 17.5 Å². The third kappa shape index (κ3) is 5.17. The standard InChI is InChI=1S/C17H19F3N4O/c1-10(2)9-21-15(25)14-8-11(3)22-16(24-14)23-13-7-5-4-6-12(13)17(18,19)20/h4-8,10H,9H2,1-3H3,(H,21,25)(H,22,23,24). The molecule has 1 amide bonds. The zero-order valence-electron chi connectivity index (χ0n) is 14.1. The van der Waals surface area contributed by atoms with Gasteiger partial charge in [-0.15, -0.1) is 0 Å². The van der Waals surface area contributed by atoms with Crippen molar-refractivity contribution in [3.8, 4) is 0 Å². The van der Waals surface area contributed by atoms with Gasteiger partial charge in [0.15, 0.2) is 0 Å². The highest BCUT2D eigenvalue weighted by Gasteiger charge is 2.33. The van der Waals surface area contributed by atoms with E-state index in [-0.39, 0.29) is 23.2 Å². The third-order valence-corrected chi connectivity index (χ3v) is 3.24. The number of carbonyl (C=O) groups excluding carboxylic acids is 1. The summed E-state index contributed by atoms with van der Waals surface area (Å²) in [5.41, 5.74) is -0.433. The Morgan fingerprint density at radius 2 is 1.88 bits per heavy atom. The van der Waals surface area contributed by atoms with Crippen molar-refractivity contribution in [2.24, 2.45) is 5.92 Å². The van der Waals surface area contributed by atoms with Crippen LogP contribution in [0.15, 0.2) is 30.3 Å². The van der Waals surface area contributed by atoms with E-state index in [1.54, 1.807) is 6.92 Å². The summed E-state index contributed by atoms with van der Waals surface area (Å²) in [6.07, 6.45) is -4.51. The second kappa shape index (κ2) is 7.50. The third-order valence-electron chi connectivity index (χ3n) is 3.24. The van der Waals surface area contributed by atoms with Gasteiger partial charge in [0.25, 0.3) is 5.91 Å². The normalized spacial score (nSPS) is 11.5. The minimum absolute atomic E-state index is 0.0635. The number of aryl methyl sites for hydroxylation is 1. The van der Waals surface area contributed by atoms with E-state index in [0.717, 1.165) is 6.07 Å². The number of anilines is 2. The van der Waals surface area contributed by atoms with Crippen LogP contribution in [0, 0.1) is 12.8 Å². The lowest BCUT2D eigenvalue weighted by Gasteiger charge is -2.14. The number of amides is 1. The van der Waals surface area contributed by atoms with E-state index in [1.165, 1.54) is 24.3 Å². The van der Waals surface area contributed by atoms with Crippen LogP contribution in [-0.4, -0.2) is 22.4 Å². The Morgan fingerprint density at radius 3 is 2.52 bits per heavy atom. The molecule has 0 fully saturated rings. The number of halogens is 3. The number of nitrogens with zero attached hydrogens (tertiary/aromatic N) is 2. The molecule has 0 radical (unpaired) electrons. The molecular weight excluding hydrogens is 333 g/mol. The van der Waals surface area contributed by atoms with Crippen molar-refractivity contribution in [2.75, 3.05) is 11.9 Å². The SMILES string of the molecule is Cc1cc(C(=O)NCC(C)C)nc(Nc2ccccc2C(F)(F)F)n1. The fraction of sp³-hybridized carbons (Fsp3) is 0.353. The minimum Gasteiger partial charge on any atom is -0.350 e. The van der Waals surface area contributed by atoms with Crippen molar-refractivity contribution in [3.63, 3.8) is 0 Å². The van der Waals surface area contributed by atoms with Gasteiger partial charge in [-0.2, -0.15) is 13.2 Å². The molecule has 0 spiro atoms. The first-order chi connectivity index (χ1) is 11.7. The van der Waals surface area contributed by atoms with Gasteiger partial charge >= 0.3 is 6.18 Å². The minimum atomic E-state index is -4.51. The fourth-order valence-corrected chi connectivity index (χ4v) is 2.09. The van der Waals surface area contributed by atoms with Crippen molar-refractivity contribution in [2.45, 2.75) is 26.9 Å². The van der Waals surface area contributed by atoms with Crippen LogP contribution in [-0.2, 0) is 6.18 Å². The van der Waals surface area contributed by atoms with Crippen LogP contribution in [0.2, 0.25) is 0 Å². The monoisotopic (exact) mass is 352 g/mol. The number of hydrogen-bond donors (Lipinski definition) is 2. The van der Waals surface area contributed by atoms with Crippen LogP contribution < -0.4 is 10.6 Å². The molecule has 0 saturated carbocycles. The van der Waals surface area contributed by atoms with Crippen LogP contribution >= 0.6 is 0 Å². The molecule has 2 rings (SSSR count). The molecule has 1 heterocycles. The molecule has 0 aliphatic heterocycles. The smallest absolute Gasteiger partial charge is 0.350 e. The van der Waals surface area contributed by atoms with Crippen molar-refractivity contribution in [3.05, 3.63) is 47.3 Å². The van der Waals surface area contributed by atoms with Gasteiger partial charge in [0.05, 0.1) is 11.3 Å². The first kappa shape index (κ1) is 18.7. The highest BCUT2D eigenvalue weighted by molar-refractivity contribution is 5.92. The fourth-order valence-electron chi connectivity index (χ4n) is 2.09. The number of para-hydroxylation sites is 1. The molecule has 0 saturated heterocycles. The van der Waals surface area contributed by atoms with Gasteiger partial charge in [0, 0.05) is 12.2 Å². The molecule has 5 nitrogen and oxygen atoms in total. The number of aromatic nitrogens is 2. The molecule has 0 aliphatic rings. The van der Waals surface area contributed by atoms with E-state index in [1.807, 2.05) is 13.8 Å². The van der Waals surface area contributed by atoms with Crippen LogP contribution in [0.1, 0.15) is 35.6 Å². The van der Waals surface area contributed by atoms with Crippen molar-refractivity contribution < 1.29 is 18.0 Å². The number of rotatable bonds is 5. The van der Waals surface area contributed by atoms with Gasteiger partial charge in [0.2, 0.25) is 5.95 Å². The maximum absolute atomic E-state index is 13.1. The Labute approximate surface area is 143 Å². The summed E-state index contributed by atoms with van der Waals surface area (Å²) < 4.78 is 39.2. The Hall–Kier alpha value is -2.64. The summed E-state index contributed by atoms with van der Waals surface area (Å²) >= 11 is 0. The highest BCUT2D eigenvalue weighted by Crippen LogP contribution is 2.35. The lowest BCUT2D eigenvalue weighted by Crippen LogP contribution is -2.28. The lowest BCUT2D eigenvalue weighted by atomic mass is 10.1. The first-order valence-corrected chi connectivity index (χ1v) is 7.74. The topological polar surface area (TPSA) is 66.9 Å². The Bertz CT molecular complexity index is 760. The van der Waals surface area contributed by atoms with Gasteiger partial charge in [-0.3, -0.25) is 4.79 Å². The maximum Gasteiger partial charge on any atom is 0.418 e. The number of carbonyl (C=O) groups is 1. The summed E-state index contributed by atoms with van der Waals surface area (Å²) in [5.74, 6) is -0.194. The van der Waals surface area contributed by atoms with Gasteiger partial charge in [-0.1, -0.05) is 26.0 Å². The zero-order chi connectivity index (χ0) is 18.6. The van der Waals surface area contributed by atoms with Gasteiger partial charge in [-0.25, -0.2) is 9.97 Å². The highest BCUT2D eigenvalue weighted by atomic mass is 19.4. The van der Waals surface area contributed by atoms with Crippen molar-refractivity contribution in [1.82, 2.24) is 15.3 Å². The predicted molar refractivity (Wildman–Crippen MR) is 88.7 cm³/mol.